The van der Waals surface area contributed by atoms with Gasteiger partial charge in [0.05, 0.1) is 4.90 Å². The summed E-state index contributed by atoms with van der Waals surface area (Å²) in [6.07, 6.45) is 1.58. The fraction of sp³-hybridized carbons (Fsp3) is 0.211. The highest BCUT2D eigenvalue weighted by atomic mass is 32.2. The van der Waals surface area contributed by atoms with Gasteiger partial charge < -0.3 is 4.90 Å². The van der Waals surface area contributed by atoms with Gasteiger partial charge in [0.1, 0.15) is 0 Å². The molecular formula is C19H19NO3S. The Labute approximate surface area is 142 Å². The van der Waals surface area contributed by atoms with E-state index in [1.165, 1.54) is 12.1 Å². The summed E-state index contributed by atoms with van der Waals surface area (Å²) in [5.74, 6) is -0.765. The summed E-state index contributed by atoms with van der Waals surface area (Å²) < 4.78 is 25.8. The molecule has 2 aromatic rings. The number of hydrogen-bond donors (Lipinski definition) is 0. The van der Waals surface area contributed by atoms with Gasteiger partial charge in [-0.1, -0.05) is 54.6 Å². The van der Waals surface area contributed by atoms with Gasteiger partial charge in [0.2, 0.25) is 5.91 Å². The molecule has 2 atom stereocenters. The molecule has 0 saturated carbocycles. The zero-order valence-corrected chi connectivity index (χ0v) is 14.0. The molecular weight excluding hydrogens is 322 g/mol. The molecule has 3 rings (SSSR count). The van der Waals surface area contributed by atoms with Crippen molar-refractivity contribution in [2.75, 3.05) is 6.54 Å². The van der Waals surface area contributed by atoms with E-state index in [0.29, 0.717) is 13.1 Å². The summed E-state index contributed by atoms with van der Waals surface area (Å²) in [4.78, 5) is 14.6. The molecule has 0 spiro atoms. The molecule has 0 unspecified atom stereocenters. The van der Waals surface area contributed by atoms with Crippen LogP contribution in [-0.2, 0) is 21.2 Å². The van der Waals surface area contributed by atoms with Crippen molar-refractivity contribution in [2.24, 2.45) is 5.92 Å². The van der Waals surface area contributed by atoms with Crippen molar-refractivity contribution >= 4 is 15.7 Å². The van der Waals surface area contributed by atoms with Crippen molar-refractivity contribution in [1.29, 1.82) is 0 Å². The Kier molecular flexibility index (Phi) is 4.53. The van der Waals surface area contributed by atoms with E-state index in [9.17, 15) is 13.2 Å². The molecule has 124 valence electrons. The maximum absolute atomic E-state index is 12.9. The zero-order valence-electron chi connectivity index (χ0n) is 13.2. The van der Waals surface area contributed by atoms with Gasteiger partial charge >= 0.3 is 0 Å². The van der Waals surface area contributed by atoms with E-state index >= 15 is 0 Å². The predicted octanol–water partition coefficient (Wildman–Crippen LogP) is 2.67. The van der Waals surface area contributed by atoms with Crippen LogP contribution in [0.15, 0.2) is 78.2 Å². The van der Waals surface area contributed by atoms with Crippen LogP contribution in [0.4, 0.5) is 0 Å². The van der Waals surface area contributed by atoms with Gasteiger partial charge in [0.15, 0.2) is 15.1 Å². The van der Waals surface area contributed by atoms with Crippen LogP contribution in [0.3, 0.4) is 0 Å². The van der Waals surface area contributed by atoms with Gasteiger partial charge in [-0.05, 0) is 17.7 Å². The number of benzene rings is 2. The van der Waals surface area contributed by atoms with E-state index in [0.717, 1.165) is 5.56 Å². The largest absolute Gasteiger partial charge is 0.337 e. The van der Waals surface area contributed by atoms with Crippen molar-refractivity contribution in [3.63, 3.8) is 0 Å². The topological polar surface area (TPSA) is 54.5 Å². The van der Waals surface area contributed by atoms with Crippen LogP contribution in [0.5, 0.6) is 0 Å². The second kappa shape index (κ2) is 6.61. The van der Waals surface area contributed by atoms with Crippen molar-refractivity contribution in [1.82, 2.24) is 4.90 Å². The van der Waals surface area contributed by atoms with Gasteiger partial charge in [-0.25, -0.2) is 8.42 Å². The molecule has 1 aliphatic heterocycles. The lowest BCUT2D eigenvalue weighted by Gasteiger charge is -2.17. The Morgan fingerprint density at radius 1 is 1.04 bits per heavy atom. The number of sulfone groups is 1. The number of carbonyl (C=O) groups excluding carboxylic acids is 1. The van der Waals surface area contributed by atoms with E-state index in [1.807, 2.05) is 30.3 Å². The van der Waals surface area contributed by atoms with E-state index in [2.05, 4.69) is 6.58 Å². The number of rotatable bonds is 5. The lowest BCUT2D eigenvalue weighted by molar-refractivity contribution is -0.127. The summed E-state index contributed by atoms with van der Waals surface area (Å²) in [6.45, 7) is 4.51. The molecule has 0 aliphatic carbocycles. The number of nitrogens with zero attached hydrogens (tertiary/aromatic N) is 1. The van der Waals surface area contributed by atoms with Crippen molar-refractivity contribution in [3.05, 3.63) is 78.9 Å². The quantitative estimate of drug-likeness (QED) is 0.786. The minimum absolute atomic E-state index is 0.178. The standard InChI is InChI=1S/C19H19NO3S/c1-2-16-14-20(13-15-9-5-3-6-10-15)19(21)18(16)24(22,23)17-11-7-4-8-12-17/h2-12,16,18H,1,13-14H2/t16-,18+/m1/s1. The van der Waals surface area contributed by atoms with Crippen LogP contribution in [0.2, 0.25) is 0 Å². The summed E-state index contributed by atoms with van der Waals surface area (Å²) in [6, 6.07) is 17.7. The third-order valence-electron chi connectivity index (χ3n) is 4.30. The van der Waals surface area contributed by atoms with Gasteiger partial charge in [0, 0.05) is 19.0 Å². The summed E-state index contributed by atoms with van der Waals surface area (Å²) >= 11 is 0. The van der Waals surface area contributed by atoms with Crippen LogP contribution in [0.25, 0.3) is 0 Å². The van der Waals surface area contributed by atoms with Crippen LogP contribution >= 0.6 is 0 Å². The summed E-state index contributed by atoms with van der Waals surface area (Å²) in [5, 5.41) is -1.10. The Morgan fingerprint density at radius 3 is 2.21 bits per heavy atom. The fourth-order valence-corrected chi connectivity index (χ4v) is 4.97. The normalized spacial score (nSPS) is 21.0. The predicted molar refractivity (Wildman–Crippen MR) is 93.0 cm³/mol. The molecule has 5 heteroatoms. The average molecular weight is 341 g/mol. The lowest BCUT2D eigenvalue weighted by atomic mass is 10.1. The molecule has 1 amide bonds. The third kappa shape index (κ3) is 2.99. The van der Waals surface area contributed by atoms with E-state index in [-0.39, 0.29) is 10.8 Å². The Bertz CT molecular complexity index is 831. The number of carbonyl (C=O) groups is 1. The zero-order chi connectivity index (χ0) is 17.2. The Morgan fingerprint density at radius 2 is 1.62 bits per heavy atom. The first-order valence-electron chi connectivity index (χ1n) is 7.78. The molecule has 0 bridgehead atoms. The molecule has 0 radical (unpaired) electrons. The maximum Gasteiger partial charge on any atom is 0.242 e. The van der Waals surface area contributed by atoms with Crippen LogP contribution < -0.4 is 0 Å². The Hall–Kier alpha value is -2.40. The van der Waals surface area contributed by atoms with E-state index in [1.54, 1.807) is 29.2 Å². The Balaban J connectivity index is 1.90. The highest BCUT2D eigenvalue weighted by Crippen LogP contribution is 2.31. The number of amides is 1. The minimum Gasteiger partial charge on any atom is -0.337 e. The number of likely N-dealkylation sites (tertiary alicyclic amines) is 1. The van der Waals surface area contributed by atoms with E-state index < -0.39 is 21.0 Å². The van der Waals surface area contributed by atoms with Gasteiger partial charge in [-0.15, -0.1) is 6.58 Å². The molecule has 2 aromatic carbocycles. The van der Waals surface area contributed by atoms with Crippen molar-refractivity contribution < 1.29 is 13.2 Å². The third-order valence-corrected chi connectivity index (χ3v) is 6.45. The second-order valence-electron chi connectivity index (χ2n) is 5.88. The van der Waals surface area contributed by atoms with Gasteiger partial charge in [-0.2, -0.15) is 0 Å². The summed E-state index contributed by atoms with van der Waals surface area (Å²) in [5.41, 5.74) is 0.978. The fourth-order valence-electron chi connectivity index (χ4n) is 3.07. The average Bonchev–Trinajstić information content (AvgIpc) is 2.93. The number of hydrogen-bond acceptors (Lipinski definition) is 3. The van der Waals surface area contributed by atoms with Crippen molar-refractivity contribution in [2.45, 2.75) is 16.7 Å². The molecule has 4 nitrogen and oxygen atoms in total. The summed E-state index contributed by atoms with van der Waals surface area (Å²) in [7, 11) is -3.74. The maximum atomic E-state index is 12.9. The van der Waals surface area contributed by atoms with Gasteiger partial charge in [-0.3, -0.25) is 4.79 Å². The monoisotopic (exact) mass is 341 g/mol. The SMILES string of the molecule is C=C[C@@H]1CN(Cc2ccccc2)C(=O)[C@H]1S(=O)(=O)c1ccccc1. The molecule has 0 aromatic heterocycles. The molecule has 1 heterocycles. The molecule has 1 aliphatic rings. The van der Waals surface area contributed by atoms with Crippen LogP contribution in [-0.4, -0.2) is 31.0 Å². The smallest absolute Gasteiger partial charge is 0.242 e. The molecule has 24 heavy (non-hydrogen) atoms. The lowest BCUT2D eigenvalue weighted by Crippen LogP contribution is -2.35. The molecule has 1 fully saturated rings. The first-order valence-corrected chi connectivity index (χ1v) is 9.33. The minimum atomic E-state index is -3.74. The first-order chi connectivity index (χ1) is 11.5. The van der Waals surface area contributed by atoms with Crippen molar-refractivity contribution in [3.8, 4) is 0 Å². The van der Waals surface area contributed by atoms with Gasteiger partial charge in [0.25, 0.3) is 0 Å². The second-order valence-corrected chi connectivity index (χ2v) is 7.95. The molecule has 0 N–H and O–H groups in total. The molecule has 1 saturated heterocycles. The van der Waals surface area contributed by atoms with E-state index in [4.69, 9.17) is 0 Å². The van der Waals surface area contributed by atoms with Crippen LogP contribution in [0, 0.1) is 5.92 Å². The highest BCUT2D eigenvalue weighted by molar-refractivity contribution is 7.92. The first kappa shape index (κ1) is 16.5. The highest BCUT2D eigenvalue weighted by Gasteiger charge is 2.47. The van der Waals surface area contributed by atoms with Crippen LogP contribution in [0.1, 0.15) is 5.56 Å².